The molecule has 1 atom stereocenters. The Morgan fingerprint density at radius 2 is 1.97 bits per heavy atom. The van der Waals surface area contributed by atoms with Gasteiger partial charge >= 0.3 is 0 Å². The number of carbonyl (C=O) groups excluding carboxylic acids is 2. The number of hydrogen-bond donors (Lipinski definition) is 1. The summed E-state index contributed by atoms with van der Waals surface area (Å²) in [5.41, 5.74) is 4.21. The maximum atomic E-state index is 13.5. The van der Waals surface area contributed by atoms with Crippen LogP contribution in [0.25, 0.3) is 0 Å². The largest absolute Gasteiger partial charge is 0.381 e. The van der Waals surface area contributed by atoms with Crippen molar-refractivity contribution >= 4 is 40.5 Å². The quantitative estimate of drug-likeness (QED) is 0.423. The Hall–Kier alpha value is -2.25. The summed E-state index contributed by atoms with van der Waals surface area (Å²) < 4.78 is 5.97. The molecule has 8 heteroatoms. The summed E-state index contributed by atoms with van der Waals surface area (Å²) in [6.45, 7) is 7.87. The van der Waals surface area contributed by atoms with Gasteiger partial charge < -0.3 is 15.0 Å². The van der Waals surface area contributed by atoms with E-state index in [1.165, 1.54) is 0 Å². The summed E-state index contributed by atoms with van der Waals surface area (Å²) >= 11 is 12.8. The monoisotopic (exact) mass is 543 g/mol. The lowest BCUT2D eigenvalue weighted by molar-refractivity contribution is -0.117. The summed E-state index contributed by atoms with van der Waals surface area (Å²) in [6.07, 6.45) is 4.63. The van der Waals surface area contributed by atoms with Crippen LogP contribution in [0.4, 0.5) is 0 Å². The van der Waals surface area contributed by atoms with Crippen molar-refractivity contribution in [3.63, 3.8) is 0 Å². The molecule has 1 aromatic rings. The van der Waals surface area contributed by atoms with Gasteiger partial charge in [-0.25, -0.2) is 4.99 Å². The molecule has 0 saturated carbocycles. The third-order valence-corrected chi connectivity index (χ3v) is 7.39. The highest BCUT2D eigenvalue weighted by Gasteiger charge is 2.39. The second kappa shape index (κ2) is 11.2. The summed E-state index contributed by atoms with van der Waals surface area (Å²) in [5, 5.41) is 4.48. The van der Waals surface area contributed by atoms with E-state index in [1.807, 2.05) is 20.2 Å². The van der Waals surface area contributed by atoms with Crippen LogP contribution >= 0.6 is 23.2 Å². The van der Waals surface area contributed by atoms with Crippen LogP contribution in [-0.4, -0.2) is 56.0 Å². The van der Waals surface area contributed by atoms with Crippen molar-refractivity contribution in [2.75, 3.05) is 33.9 Å². The molecule has 0 aromatic heterocycles. The predicted octanol–water partition coefficient (Wildman–Crippen LogP) is 5.74. The Labute approximate surface area is 229 Å². The van der Waals surface area contributed by atoms with E-state index in [2.05, 4.69) is 24.1 Å². The molecular weight excluding hydrogens is 509 g/mol. The maximum absolute atomic E-state index is 13.5. The Kier molecular flexibility index (Phi) is 8.44. The highest BCUT2D eigenvalue weighted by Crippen LogP contribution is 2.42. The van der Waals surface area contributed by atoms with E-state index in [0.717, 1.165) is 24.4 Å². The van der Waals surface area contributed by atoms with Crippen LogP contribution in [0, 0.1) is 11.3 Å². The summed E-state index contributed by atoms with van der Waals surface area (Å²) in [6, 6.07) is 5.18. The molecule has 1 heterocycles. The fourth-order valence-corrected chi connectivity index (χ4v) is 5.67. The molecule has 0 fully saturated rings. The van der Waals surface area contributed by atoms with Gasteiger partial charge in [-0.3, -0.25) is 9.59 Å². The van der Waals surface area contributed by atoms with Crippen molar-refractivity contribution in [1.82, 2.24) is 10.2 Å². The Balaban J connectivity index is 1.75. The van der Waals surface area contributed by atoms with Gasteiger partial charge in [0.05, 0.1) is 28.6 Å². The van der Waals surface area contributed by atoms with Crippen molar-refractivity contribution in [2.45, 2.75) is 46.5 Å². The van der Waals surface area contributed by atoms with Crippen LogP contribution in [0.2, 0.25) is 10.0 Å². The zero-order valence-corrected chi connectivity index (χ0v) is 23.7. The molecule has 0 spiro atoms. The summed E-state index contributed by atoms with van der Waals surface area (Å²) in [5.74, 6) is -0.0438. The second-order valence-electron chi connectivity index (χ2n) is 11.2. The van der Waals surface area contributed by atoms with Gasteiger partial charge in [0.25, 0.3) is 0 Å². The molecule has 1 aliphatic heterocycles. The normalized spacial score (nSPS) is 21.2. The van der Waals surface area contributed by atoms with Crippen molar-refractivity contribution in [1.29, 1.82) is 0 Å². The molecule has 0 bridgehead atoms. The Morgan fingerprint density at radius 3 is 2.65 bits per heavy atom. The number of hydrogen-bond acceptors (Lipinski definition) is 6. The smallest absolute Gasteiger partial charge is 0.167 e. The number of benzene rings is 1. The number of allylic oxidation sites excluding steroid dienone is 4. The molecule has 198 valence electrons. The average molecular weight is 545 g/mol. The first-order chi connectivity index (χ1) is 17.4. The number of rotatable bonds is 8. The minimum Gasteiger partial charge on any atom is -0.381 e. The van der Waals surface area contributed by atoms with Gasteiger partial charge in [-0.15, -0.1) is 0 Å². The van der Waals surface area contributed by atoms with Gasteiger partial charge in [-0.1, -0.05) is 43.1 Å². The molecule has 2 aliphatic carbocycles. The minimum atomic E-state index is -0.203. The fraction of sp³-hybridized carbons (Fsp3) is 0.483. The predicted molar refractivity (Wildman–Crippen MR) is 149 cm³/mol. The van der Waals surface area contributed by atoms with Crippen LogP contribution in [0.1, 0.15) is 52.0 Å². The molecule has 1 aromatic carbocycles. The molecule has 1 unspecified atom stereocenters. The SMILES string of the molecule is CC(=O)C1=CC(COCCCN(C)C)CC2=C1N=C(c1ccc(Cl)cc1Cl)C1=C(CC(C)(C)CC1=O)N2. The van der Waals surface area contributed by atoms with Crippen molar-refractivity contribution in [2.24, 2.45) is 16.3 Å². The number of ether oxygens (including phenoxy) is 1. The maximum Gasteiger partial charge on any atom is 0.167 e. The molecule has 0 amide bonds. The van der Waals surface area contributed by atoms with Gasteiger partial charge in [-0.2, -0.15) is 0 Å². The zero-order valence-electron chi connectivity index (χ0n) is 22.2. The third kappa shape index (κ3) is 6.43. The Morgan fingerprint density at radius 1 is 1.22 bits per heavy atom. The number of carbonyl (C=O) groups is 2. The van der Waals surface area contributed by atoms with E-state index in [9.17, 15) is 9.59 Å². The Bertz CT molecular complexity index is 1240. The topological polar surface area (TPSA) is 71.0 Å². The van der Waals surface area contributed by atoms with Crippen LogP contribution in [0.15, 0.2) is 57.5 Å². The van der Waals surface area contributed by atoms with Gasteiger partial charge in [0.15, 0.2) is 11.6 Å². The first kappa shape index (κ1) is 27.8. The number of nitrogens with one attached hydrogen (secondary N) is 1. The molecule has 37 heavy (non-hydrogen) atoms. The molecular formula is C29H35Cl2N3O3. The molecule has 4 rings (SSSR count). The van der Waals surface area contributed by atoms with Gasteiger partial charge in [0.2, 0.25) is 0 Å². The van der Waals surface area contributed by atoms with Crippen molar-refractivity contribution < 1.29 is 14.3 Å². The molecule has 6 nitrogen and oxygen atoms in total. The number of nitrogens with zero attached hydrogens (tertiary/aromatic N) is 2. The number of halogens is 2. The van der Waals surface area contributed by atoms with E-state index in [1.54, 1.807) is 25.1 Å². The van der Waals surface area contributed by atoms with E-state index in [-0.39, 0.29) is 22.9 Å². The lowest BCUT2D eigenvalue weighted by atomic mass is 9.74. The highest BCUT2D eigenvalue weighted by atomic mass is 35.5. The fourth-order valence-electron chi connectivity index (χ4n) is 5.17. The molecule has 1 N–H and O–H groups in total. The van der Waals surface area contributed by atoms with E-state index >= 15 is 0 Å². The van der Waals surface area contributed by atoms with Crippen molar-refractivity contribution in [3.8, 4) is 0 Å². The van der Waals surface area contributed by atoms with Gasteiger partial charge in [0, 0.05) is 46.5 Å². The standard InChI is InChI=1S/C29H35Cl2N3O3/c1-17(35)21-11-18(16-37-10-6-9-34(4)5)12-23-27(21)33-28(20-8-7-19(30)13-22(20)31)26-24(32-23)14-29(2,3)15-25(26)36/h7-8,11,13,18,32H,6,9-10,12,14-16H2,1-5H3. The van der Waals surface area contributed by atoms with Gasteiger partial charge in [-0.05, 0) is 70.4 Å². The molecule has 3 aliphatic rings. The highest BCUT2D eigenvalue weighted by molar-refractivity contribution is 6.40. The lowest BCUT2D eigenvalue weighted by Crippen LogP contribution is -2.34. The summed E-state index contributed by atoms with van der Waals surface area (Å²) in [4.78, 5) is 33.5. The minimum absolute atomic E-state index is 0.0116. The lowest BCUT2D eigenvalue weighted by Gasteiger charge is -2.33. The van der Waals surface area contributed by atoms with Crippen LogP contribution in [-0.2, 0) is 14.3 Å². The number of aliphatic imine (C=N–C) groups is 1. The first-order valence-electron chi connectivity index (χ1n) is 12.7. The van der Waals surface area contributed by atoms with E-state index in [4.69, 9.17) is 32.9 Å². The van der Waals surface area contributed by atoms with Crippen LogP contribution in [0.5, 0.6) is 0 Å². The van der Waals surface area contributed by atoms with Crippen molar-refractivity contribution in [3.05, 3.63) is 68.1 Å². The van der Waals surface area contributed by atoms with E-state index < -0.39 is 0 Å². The third-order valence-electron chi connectivity index (χ3n) is 6.84. The summed E-state index contributed by atoms with van der Waals surface area (Å²) in [7, 11) is 4.09. The molecule has 0 radical (unpaired) electrons. The average Bonchev–Trinajstić information content (AvgIpc) is 2.93. The number of ketones is 2. The second-order valence-corrected chi connectivity index (χ2v) is 12.0. The van der Waals surface area contributed by atoms with Crippen LogP contribution in [0.3, 0.4) is 0 Å². The first-order valence-corrected chi connectivity index (χ1v) is 13.5. The van der Waals surface area contributed by atoms with Crippen LogP contribution < -0.4 is 5.32 Å². The zero-order chi connectivity index (χ0) is 26.9. The number of Topliss-reactive ketones (excluding diaryl/α,β-unsaturated/α-hetero) is 2. The van der Waals surface area contributed by atoms with E-state index in [0.29, 0.717) is 70.6 Å². The van der Waals surface area contributed by atoms with Gasteiger partial charge in [0.1, 0.15) is 0 Å². The molecule has 0 saturated heterocycles.